The summed E-state index contributed by atoms with van der Waals surface area (Å²) >= 11 is 12.5. The second kappa shape index (κ2) is 15.3. The fourth-order valence-electron chi connectivity index (χ4n) is 7.66. The Morgan fingerprint density at radius 3 is 1.33 bits per heavy atom. The molecular formula is C46H38Cl2O10. The van der Waals surface area contributed by atoms with Crippen LogP contribution in [0.15, 0.2) is 103 Å². The molecule has 0 atom stereocenters. The number of carboxylic acid groups (broad SMARTS) is 2. The molecule has 2 heterocycles. The van der Waals surface area contributed by atoms with Crippen LogP contribution in [0, 0.1) is 11.8 Å². The Hall–Kier alpha value is -5.58. The zero-order valence-corrected chi connectivity index (χ0v) is 32.6. The third-order valence-corrected chi connectivity index (χ3v) is 12.1. The lowest BCUT2D eigenvalue weighted by Crippen LogP contribution is -2.38. The van der Waals surface area contributed by atoms with Gasteiger partial charge in [-0.15, -0.1) is 0 Å². The monoisotopic (exact) mass is 820 g/mol. The zero-order valence-electron chi connectivity index (χ0n) is 31.1. The molecule has 2 N–H and O–H groups in total. The van der Waals surface area contributed by atoms with Crippen LogP contribution >= 0.6 is 23.2 Å². The van der Waals surface area contributed by atoms with E-state index in [2.05, 4.69) is 0 Å². The Labute approximate surface area is 341 Å². The summed E-state index contributed by atoms with van der Waals surface area (Å²) in [4.78, 5) is 47.4. The van der Waals surface area contributed by atoms with Gasteiger partial charge >= 0.3 is 11.9 Å². The molecule has 0 aliphatic heterocycles. The van der Waals surface area contributed by atoms with Crippen molar-refractivity contribution in [2.24, 2.45) is 11.8 Å². The van der Waals surface area contributed by atoms with Crippen LogP contribution in [0.2, 0.25) is 10.0 Å². The molecule has 0 radical (unpaired) electrons. The maximum Gasteiger partial charge on any atom is 0.306 e. The van der Waals surface area contributed by atoms with Crippen molar-refractivity contribution in [3.63, 3.8) is 0 Å². The predicted molar refractivity (Wildman–Crippen MR) is 219 cm³/mol. The standard InChI is InChI=1S/2C23H19ClO5/c2*24-18-3-1-2-16-19(25)11-21(29-22(16)18)17-7-6-13(12-4-5-12)10-20(17)28-15-8-14(9-15)23(26)27/h2*1-3,6-7,10-12,14-15H,4-5,8-9H2,(H,26,27). The van der Waals surface area contributed by atoms with Gasteiger partial charge in [-0.3, -0.25) is 19.2 Å². The number of aliphatic carboxylic acids is 2. The fourth-order valence-corrected chi connectivity index (χ4v) is 8.08. The molecule has 0 bridgehead atoms. The number of hydrogen-bond acceptors (Lipinski definition) is 8. The first kappa shape index (κ1) is 38.0. The molecule has 0 amide bonds. The summed E-state index contributed by atoms with van der Waals surface area (Å²) in [5.74, 6) is 0.828. The summed E-state index contributed by atoms with van der Waals surface area (Å²) in [6.45, 7) is 0. The van der Waals surface area contributed by atoms with E-state index in [1.807, 2.05) is 36.4 Å². The van der Waals surface area contributed by atoms with E-state index >= 15 is 0 Å². The number of benzene rings is 4. The first-order chi connectivity index (χ1) is 28.0. The molecule has 0 spiro atoms. The Morgan fingerprint density at radius 2 is 0.966 bits per heavy atom. The molecule has 58 heavy (non-hydrogen) atoms. The van der Waals surface area contributed by atoms with E-state index in [0.717, 1.165) is 25.7 Å². The summed E-state index contributed by atoms with van der Waals surface area (Å²) in [5, 5.41) is 19.8. The highest BCUT2D eigenvalue weighted by Crippen LogP contribution is 2.46. The summed E-state index contributed by atoms with van der Waals surface area (Å²) < 4.78 is 24.3. The average molecular weight is 822 g/mol. The highest BCUT2D eigenvalue weighted by molar-refractivity contribution is 6.35. The van der Waals surface area contributed by atoms with Crippen LogP contribution in [0.5, 0.6) is 11.5 Å². The second-order valence-corrected chi connectivity index (χ2v) is 16.5. The van der Waals surface area contributed by atoms with Crippen molar-refractivity contribution < 1.29 is 38.1 Å². The molecule has 4 aliphatic carbocycles. The van der Waals surface area contributed by atoms with Crippen molar-refractivity contribution in [1.29, 1.82) is 0 Å². The van der Waals surface area contributed by atoms with E-state index in [0.29, 0.717) is 104 Å². The van der Waals surface area contributed by atoms with Gasteiger partial charge in [0, 0.05) is 12.1 Å². The Kier molecular flexibility index (Phi) is 10.0. The molecular weight excluding hydrogens is 783 g/mol. The van der Waals surface area contributed by atoms with Crippen LogP contribution < -0.4 is 20.3 Å². The Balaban J connectivity index is 0.000000150. The van der Waals surface area contributed by atoms with Crippen LogP contribution in [-0.2, 0) is 9.59 Å². The number of carbonyl (C=O) groups is 2. The van der Waals surface area contributed by atoms with Gasteiger partial charge in [-0.2, -0.15) is 0 Å². The fraction of sp³-hybridized carbons (Fsp3) is 0.304. The molecule has 10 rings (SSSR count). The van der Waals surface area contributed by atoms with Crippen LogP contribution in [0.4, 0.5) is 0 Å². The maximum atomic E-state index is 12.6. The second-order valence-electron chi connectivity index (χ2n) is 15.7. The lowest BCUT2D eigenvalue weighted by molar-refractivity contribution is -0.148. The van der Waals surface area contributed by atoms with Gasteiger partial charge < -0.3 is 28.5 Å². The van der Waals surface area contributed by atoms with E-state index in [1.165, 1.54) is 23.3 Å². The van der Waals surface area contributed by atoms with Gasteiger partial charge in [0.25, 0.3) is 0 Å². The molecule has 0 saturated heterocycles. The minimum Gasteiger partial charge on any atom is -0.490 e. The van der Waals surface area contributed by atoms with Gasteiger partial charge in [0.15, 0.2) is 22.0 Å². The lowest BCUT2D eigenvalue weighted by Gasteiger charge is -2.33. The molecule has 296 valence electrons. The quantitative estimate of drug-likeness (QED) is 0.136. The molecule has 6 aromatic rings. The molecule has 12 heteroatoms. The van der Waals surface area contributed by atoms with E-state index in [9.17, 15) is 19.2 Å². The van der Waals surface area contributed by atoms with Crippen molar-refractivity contribution >= 4 is 57.1 Å². The van der Waals surface area contributed by atoms with Crippen molar-refractivity contribution in [2.75, 3.05) is 0 Å². The predicted octanol–water partition coefficient (Wildman–Crippen LogP) is 10.5. The molecule has 0 unspecified atom stereocenters. The van der Waals surface area contributed by atoms with Gasteiger partial charge in [0.1, 0.15) is 35.2 Å². The smallest absolute Gasteiger partial charge is 0.306 e. The minimum atomic E-state index is -0.785. The van der Waals surface area contributed by atoms with Crippen LogP contribution in [-0.4, -0.2) is 34.4 Å². The van der Waals surface area contributed by atoms with Crippen molar-refractivity contribution in [3.8, 4) is 34.1 Å². The van der Waals surface area contributed by atoms with Crippen molar-refractivity contribution in [1.82, 2.24) is 0 Å². The van der Waals surface area contributed by atoms with Gasteiger partial charge in [0.05, 0.1) is 43.8 Å². The number of fused-ring (bicyclic) bond motifs is 2. The van der Waals surface area contributed by atoms with Gasteiger partial charge in [-0.25, -0.2) is 0 Å². The third-order valence-electron chi connectivity index (χ3n) is 11.5. The number of carboxylic acids is 2. The summed E-state index contributed by atoms with van der Waals surface area (Å²) in [5.41, 5.74) is 4.09. The molecule has 4 aromatic carbocycles. The topological polar surface area (TPSA) is 153 Å². The van der Waals surface area contributed by atoms with Crippen LogP contribution in [0.1, 0.15) is 74.3 Å². The van der Waals surface area contributed by atoms with E-state index < -0.39 is 11.9 Å². The molecule has 4 aliphatic rings. The number of para-hydroxylation sites is 2. The highest BCUT2D eigenvalue weighted by Gasteiger charge is 2.38. The SMILES string of the molecule is O=C(O)C1CC(Oc2cc(C3CC3)ccc2-c2cc(=O)c3cccc(Cl)c3o2)C1.O=C(O)C1CC(Oc2cc(C3CC3)ccc2-c2cc(=O)c3cccc(Cl)c3o2)C1. The first-order valence-corrected chi connectivity index (χ1v) is 20.3. The molecule has 2 aromatic heterocycles. The number of rotatable bonds is 10. The molecule has 4 saturated carbocycles. The van der Waals surface area contributed by atoms with E-state index in [1.54, 1.807) is 36.4 Å². The first-order valence-electron chi connectivity index (χ1n) is 19.5. The van der Waals surface area contributed by atoms with E-state index in [-0.39, 0.29) is 34.9 Å². The lowest BCUT2D eigenvalue weighted by atomic mass is 9.82. The molecule has 10 nitrogen and oxygen atoms in total. The number of halogens is 2. The van der Waals surface area contributed by atoms with Crippen LogP contribution in [0.3, 0.4) is 0 Å². The summed E-state index contributed by atoms with van der Waals surface area (Å²) in [6.07, 6.45) is 6.25. The third kappa shape index (κ3) is 7.71. The van der Waals surface area contributed by atoms with Gasteiger partial charge in [-0.1, -0.05) is 47.5 Å². The van der Waals surface area contributed by atoms with Crippen LogP contribution in [0.25, 0.3) is 44.6 Å². The Morgan fingerprint density at radius 1 is 0.569 bits per heavy atom. The Bertz CT molecular complexity index is 2530. The number of ether oxygens (including phenoxy) is 2. The molecule has 4 fully saturated rings. The summed E-state index contributed by atoms with van der Waals surface area (Å²) in [6, 6.07) is 25.0. The van der Waals surface area contributed by atoms with E-state index in [4.69, 9.17) is 51.7 Å². The normalized spacial score (nSPS) is 21.0. The summed E-state index contributed by atoms with van der Waals surface area (Å²) in [7, 11) is 0. The number of hydrogen-bond donors (Lipinski definition) is 2. The average Bonchev–Trinajstić information content (AvgIpc) is 4.09. The maximum absolute atomic E-state index is 12.6. The largest absolute Gasteiger partial charge is 0.490 e. The zero-order chi connectivity index (χ0) is 40.2. The minimum absolute atomic E-state index is 0.153. The highest BCUT2D eigenvalue weighted by atomic mass is 35.5. The van der Waals surface area contributed by atoms with Gasteiger partial charge in [-0.05, 0) is 123 Å². The van der Waals surface area contributed by atoms with Crippen molar-refractivity contribution in [3.05, 3.63) is 127 Å². The van der Waals surface area contributed by atoms with Gasteiger partial charge in [0.2, 0.25) is 0 Å². The van der Waals surface area contributed by atoms with Crippen molar-refractivity contribution in [2.45, 2.75) is 75.4 Å².